The molecular weight excluding hydrogens is 368 g/mol. The third-order valence-corrected chi connectivity index (χ3v) is 5.38. The van der Waals surface area contributed by atoms with Gasteiger partial charge < -0.3 is 10.1 Å². The molecule has 1 aliphatic carbocycles. The Labute approximate surface area is 157 Å². The van der Waals surface area contributed by atoms with Crippen LogP contribution in [0.1, 0.15) is 30.1 Å². The number of carbonyl (C=O) groups is 2. The van der Waals surface area contributed by atoms with E-state index in [0.29, 0.717) is 0 Å². The molecule has 2 aromatic carbocycles. The maximum Gasteiger partial charge on any atom is 0.338 e. The van der Waals surface area contributed by atoms with Gasteiger partial charge >= 0.3 is 5.97 Å². The fourth-order valence-electron chi connectivity index (χ4n) is 2.35. The van der Waals surface area contributed by atoms with E-state index in [1.165, 1.54) is 43.3 Å². The number of sulfonamides is 1. The van der Waals surface area contributed by atoms with Crippen molar-refractivity contribution >= 4 is 27.6 Å². The maximum absolute atomic E-state index is 12.4. The lowest BCUT2D eigenvalue weighted by Gasteiger charge is -2.14. The molecule has 0 radical (unpaired) electrons. The lowest BCUT2D eigenvalue weighted by molar-refractivity contribution is -0.129. The normalized spacial score (nSPS) is 14.9. The average Bonchev–Trinajstić information content (AvgIpc) is 3.46. The van der Waals surface area contributed by atoms with Gasteiger partial charge in [-0.1, -0.05) is 24.3 Å². The van der Waals surface area contributed by atoms with Gasteiger partial charge in [0, 0.05) is 11.7 Å². The molecule has 0 unspecified atom stereocenters. The zero-order valence-electron chi connectivity index (χ0n) is 14.7. The lowest BCUT2D eigenvalue weighted by atomic mass is 10.2. The van der Waals surface area contributed by atoms with E-state index < -0.39 is 22.1 Å². The Kier molecular flexibility index (Phi) is 5.46. The monoisotopic (exact) mass is 388 g/mol. The van der Waals surface area contributed by atoms with Crippen LogP contribution in [0.4, 0.5) is 5.69 Å². The number of benzene rings is 2. The van der Waals surface area contributed by atoms with E-state index >= 15 is 0 Å². The predicted molar refractivity (Wildman–Crippen MR) is 99.7 cm³/mol. The fraction of sp³-hybridized carbons (Fsp3) is 0.263. The number of ether oxygens (including phenoxy) is 1. The first kappa shape index (κ1) is 18.9. The van der Waals surface area contributed by atoms with Crippen molar-refractivity contribution in [2.75, 3.05) is 4.72 Å². The van der Waals surface area contributed by atoms with Gasteiger partial charge in [0.2, 0.25) is 0 Å². The SMILES string of the molecule is C[C@@H](OC(=O)c1cccc(NS(=O)(=O)c2ccccc2)c1)C(=O)NC1CC1. The third kappa shape index (κ3) is 5.07. The first-order valence-electron chi connectivity index (χ1n) is 8.54. The van der Waals surface area contributed by atoms with Gasteiger partial charge in [-0.05, 0) is 50.1 Å². The zero-order valence-corrected chi connectivity index (χ0v) is 15.5. The third-order valence-electron chi connectivity index (χ3n) is 3.98. The number of anilines is 1. The highest BCUT2D eigenvalue weighted by molar-refractivity contribution is 7.92. The van der Waals surface area contributed by atoms with E-state index in [-0.39, 0.29) is 28.1 Å². The van der Waals surface area contributed by atoms with E-state index in [0.717, 1.165) is 12.8 Å². The molecule has 0 aromatic heterocycles. The summed E-state index contributed by atoms with van der Waals surface area (Å²) in [6.45, 7) is 1.50. The van der Waals surface area contributed by atoms with Crippen molar-refractivity contribution in [3.05, 3.63) is 60.2 Å². The number of hydrogen-bond donors (Lipinski definition) is 2. The van der Waals surface area contributed by atoms with Gasteiger partial charge in [0.1, 0.15) is 0 Å². The summed E-state index contributed by atoms with van der Waals surface area (Å²) in [5, 5.41) is 2.76. The first-order chi connectivity index (χ1) is 12.8. The smallest absolute Gasteiger partial charge is 0.338 e. The quantitative estimate of drug-likeness (QED) is 0.709. The van der Waals surface area contributed by atoms with E-state index in [1.807, 2.05) is 0 Å². The van der Waals surface area contributed by atoms with Crippen LogP contribution in [0.2, 0.25) is 0 Å². The molecular formula is C19H20N2O5S. The molecule has 142 valence electrons. The summed E-state index contributed by atoms with van der Waals surface area (Å²) in [5.41, 5.74) is 0.373. The molecule has 0 saturated heterocycles. The summed E-state index contributed by atoms with van der Waals surface area (Å²) in [6.07, 6.45) is 0.953. The predicted octanol–water partition coefficient (Wildman–Crippen LogP) is 2.31. The highest BCUT2D eigenvalue weighted by Gasteiger charge is 2.27. The summed E-state index contributed by atoms with van der Waals surface area (Å²) in [7, 11) is -3.77. The molecule has 1 fully saturated rings. The lowest BCUT2D eigenvalue weighted by Crippen LogP contribution is -2.37. The Balaban J connectivity index is 1.67. The van der Waals surface area contributed by atoms with Crippen molar-refractivity contribution in [2.45, 2.75) is 36.8 Å². The number of carbonyl (C=O) groups excluding carboxylic acids is 2. The Morgan fingerprint density at radius 1 is 1.07 bits per heavy atom. The van der Waals surface area contributed by atoms with Crippen LogP contribution in [0, 0.1) is 0 Å². The van der Waals surface area contributed by atoms with E-state index in [1.54, 1.807) is 18.2 Å². The second-order valence-corrected chi connectivity index (χ2v) is 8.01. The van der Waals surface area contributed by atoms with Gasteiger partial charge in [-0.2, -0.15) is 0 Å². The summed E-state index contributed by atoms with van der Waals surface area (Å²) in [4.78, 5) is 24.3. The van der Waals surface area contributed by atoms with Crippen LogP contribution < -0.4 is 10.0 Å². The fourth-order valence-corrected chi connectivity index (χ4v) is 3.42. The number of amides is 1. The highest BCUT2D eigenvalue weighted by atomic mass is 32.2. The van der Waals surface area contributed by atoms with Crippen molar-refractivity contribution in [1.29, 1.82) is 0 Å². The molecule has 8 heteroatoms. The minimum absolute atomic E-state index is 0.114. The molecule has 1 aliphatic rings. The largest absolute Gasteiger partial charge is 0.449 e. The van der Waals surface area contributed by atoms with Gasteiger partial charge in [0.25, 0.3) is 15.9 Å². The number of nitrogens with one attached hydrogen (secondary N) is 2. The van der Waals surface area contributed by atoms with Gasteiger partial charge in [-0.15, -0.1) is 0 Å². The average molecular weight is 388 g/mol. The summed E-state index contributed by atoms with van der Waals surface area (Å²) in [5.74, 6) is -1.04. The van der Waals surface area contributed by atoms with Crippen LogP contribution >= 0.6 is 0 Å². The maximum atomic E-state index is 12.4. The van der Waals surface area contributed by atoms with Crippen molar-refractivity contribution < 1.29 is 22.7 Å². The zero-order chi connectivity index (χ0) is 19.4. The Morgan fingerprint density at radius 3 is 2.44 bits per heavy atom. The molecule has 0 heterocycles. The van der Waals surface area contributed by atoms with Gasteiger partial charge in [0.15, 0.2) is 6.10 Å². The molecule has 2 aromatic rings. The van der Waals surface area contributed by atoms with E-state index in [4.69, 9.17) is 4.74 Å². The molecule has 0 aliphatic heterocycles. The van der Waals surface area contributed by atoms with Crippen LogP contribution in [0.15, 0.2) is 59.5 Å². The van der Waals surface area contributed by atoms with E-state index in [2.05, 4.69) is 10.0 Å². The first-order valence-corrected chi connectivity index (χ1v) is 10.0. The topological polar surface area (TPSA) is 102 Å². The Hall–Kier alpha value is -2.87. The molecule has 1 amide bonds. The van der Waals surface area contributed by atoms with Gasteiger partial charge in [-0.3, -0.25) is 9.52 Å². The number of esters is 1. The summed E-state index contributed by atoms with van der Waals surface area (Å²) in [6, 6.07) is 14.0. The standard InChI is InChI=1S/C19H20N2O5S/c1-13(18(22)20-15-10-11-15)26-19(23)14-6-5-7-16(12-14)21-27(24,25)17-8-3-2-4-9-17/h2-9,12-13,15,21H,10-11H2,1H3,(H,20,22)/t13-/m1/s1. The molecule has 3 rings (SSSR count). The van der Waals surface area contributed by atoms with Crippen molar-refractivity contribution in [2.24, 2.45) is 0 Å². The molecule has 1 atom stereocenters. The second-order valence-electron chi connectivity index (χ2n) is 6.33. The van der Waals surface area contributed by atoms with Crippen LogP contribution in [0.25, 0.3) is 0 Å². The Bertz CT molecular complexity index is 940. The van der Waals surface area contributed by atoms with E-state index in [9.17, 15) is 18.0 Å². The molecule has 7 nitrogen and oxygen atoms in total. The number of rotatable bonds is 7. The summed E-state index contributed by atoms with van der Waals surface area (Å²) < 4.78 is 32.4. The van der Waals surface area contributed by atoms with Gasteiger partial charge in [0.05, 0.1) is 10.5 Å². The molecule has 0 spiro atoms. The molecule has 2 N–H and O–H groups in total. The second kappa shape index (κ2) is 7.79. The van der Waals surface area contributed by atoms with Crippen molar-refractivity contribution in [3.8, 4) is 0 Å². The van der Waals surface area contributed by atoms with Gasteiger partial charge in [-0.25, -0.2) is 13.2 Å². The Morgan fingerprint density at radius 2 is 1.78 bits per heavy atom. The molecule has 0 bridgehead atoms. The van der Waals surface area contributed by atoms with Crippen molar-refractivity contribution in [1.82, 2.24) is 5.32 Å². The minimum Gasteiger partial charge on any atom is -0.449 e. The molecule has 1 saturated carbocycles. The highest BCUT2D eigenvalue weighted by Crippen LogP contribution is 2.20. The van der Waals surface area contributed by atoms with Crippen LogP contribution in [0.5, 0.6) is 0 Å². The molecule has 27 heavy (non-hydrogen) atoms. The summed E-state index contributed by atoms with van der Waals surface area (Å²) >= 11 is 0. The van der Waals surface area contributed by atoms with Crippen molar-refractivity contribution in [3.63, 3.8) is 0 Å². The van der Waals surface area contributed by atoms with Crippen LogP contribution in [0.3, 0.4) is 0 Å². The van der Waals surface area contributed by atoms with Crippen LogP contribution in [-0.4, -0.2) is 32.4 Å². The minimum atomic E-state index is -3.77. The van der Waals surface area contributed by atoms with Crippen LogP contribution in [-0.2, 0) is 19.6 Å². The number of hydrogen-bond acceptors (Lipinski definition) is 5.